The molecule has 0 radical (unpaired) electrons. The number of fused-ring (bicyclic) bond motifs is 4. The monoisotopic (exact) mass is 474 g/mol. The normalized spacial score (nSPS) is 19.8. The highest BCUT2D eigenvalue weighted by Gasteiger charge is 2.44. The molecule has 0 spiro atoms. The summed E-state index contributed by atoms with van der Waals surface area (Å²) in [5.41, 5.74) is 0.720. The summed E-state index contributed by atoms with van der Waals surface area (Å²) in [4.78, 5) is 36.4. The molecule has 170 valence electrons. The highest BCUT2D eigenvalue weighted by molar-refractivity contribution is 6.34. The standard InChI is InChI=1S/C22H18ClF3N6O/c1-11-30-17-14(18(31-11)20-28-7-3-8-29-20)10-12-4-2-5-15(17)32(12)21(33)13-6-9-27-19(16(13)23)22(24,25)26/h3,6-9,12,15H,2,4-5,10H2,1H3/t12-,15+/m0/s1. The molecule has 2 bridgehead atoms. The van der Waals surface area contributed by atoms with E-state index in [0.717, 1.165) is 18.2 Å². The molecule has 3 aromatic rings. The lowest BCUT2D eigenvalue weighted by Crippen LogP contribution is -2.50. The van der Waals surface area contributed by atoms with E-state index < -0.39 is 28.8 Å². The van der Waals surface area contributed by atoms with Gasteiger partial charge in [0.15, 0.2) is 11.5 Å². The summed E-state index contributed by atoms with van der Waals surface area (Å²) < 4.78 is 39.9. The predicted octanol–water partition coefficient (Wildman–Crippen LogP) is 4.60. The van der Waals surface area contributed by atoms with Gasteiger partial charge in [0.1, 0.15) is 11.5 Å². The number of amides is 1. The van der Waals surface area contributed by atoms with E-state index in [9.17, 15) is 18.0 Å². The Labute approximate surface area is 192 Å². The zero-order valence-corrected chi connectivity index (χ0v) is 18.2. The van der Waals surface area contributed by atoms with Crippen LogP contribution in [0.4, 0.5) is 13.2 Å². The molecular formula is C22H18ClF3N6O. The van der Waals surface area contributed by atoms with Crippen molar-refractivity contribution in [3.05, 3.63) is 64.1 Å². The molecule has 2 atom stereocenters. The Bertz CT molecular complexity index is 1240. The average Bonchev–Trinajstić information content (AvgIpc) is 2.78. The van der Waals surface area contributed by atoms with Crippen LogP contribution in [0.2, 0.25) is 5.02 Å². The van der Waals surface area contributed by atoms with Crippen molar-refractivity contribution in [1.82, 2.24) is 29.8 Å². The second-order valence-corrected chi connectivity index (χ2v) is 8.47. The van der Waals surface area contributed by atoms with Gasteiger partial charge in [-0.15, -0.1) is 0 Å². The fourth-order valence-electron chi connectivity index (χ4n) is 4.74. The number of piperidine rings is 1. The Morgan fingerprint density at radius 2 is 1.88 bits per heavy atom. The van der Waals surface area contributed by atoms with Crippen molar-refractivity contribution in [2.75, 3.05) is 0 Å². The number of hydrogen-bond acceptors (Lipinski definition) is 6. The number of rotatable bonds is 2. The molecule has 0 aliphatic carbocycles. The second-order valence-electron chi connectivity index (χ2n) is 8.09. The van der Waals surface area contributed by atoms with Crippen LogP contribution in [0.15, 0.2) is 30.7 Å². The maximum Gasteiger partial charge on any atom is 0.434 e. The first-order chi connectivity index (χ1) is 15.8. The number of pyridine rings is 1. The van der Waals surface area contributed by atoms with Crippen molar-refractivity contribution in [2.24, 2.45) is 0 Å². The van der Waals surface area contributed by atoms with E-state index in [2.05, 4.69) is 24.9 Å². The number of hydrogen-bond donors (Lipinski definition) is 0. The molecule has 5 rings (SSSR count). The highest BCUT2D eigenvalue weighted by Crippen LogP contribution is 2.44. The maximum atomic E-state index is 13.5. The summed E-state index contributed by atoms with van der Waals surface area (Å²) in [6.07, 6.45) is 2.15. The Morgan fingerprint density at radius 3 is 2.61 bits per heavy atom. The summed E-state index contributed by atoms with van der Waals surface area (Å²) >= 11 is 6.02. The minimum absolute atomic E-state index is 0.211. The largest absolute Gasteiger partial charge is 0.434 e. The molecule has 2 aliphatic heterocycles. The Kier molecular flexibility index (Phi) is 5.27. The molecule has 33 heavy (non-hydrogen) atoms. The van der Waals surface area contributed by atoms with Crippen molar-refractivity contribution in [3.63, 3.8) is 0 Å². The van der Waals surface area contributed by atoms with Crippen LogP contribution < -0.4 is 0 Å². The van der Waals surface area contributed by atoms with Crippen LogP contribution >= 0.6 is 11.6 Å². The Balaban J connectivity index is 1.60. The van der Waals surface area contributed by atoms with Crippen molar-refractivity contribution < 1.29 is 18.0 Å². The van der Waals surface area contributed by atoms with Gasteiger partial charge in [0.05, 0.1) is 22.3 Å². The first-order valence-corrected chi connectivity index (χ1v) is 10.8. The number of aromatic nitrogens is 5. The van der Waals surface area contributed by atoms with Crippen LogP contribution in [-0.4, -0.2) is 41.8 Å². The topological polar surface area (TPSA) is 84.8 Å². The predicted molar refractivity (Wildman–Crippen MR) is 112 cm³/mol. The van der Waals surface area contributed by atoms with Gasteiger partial charge in [-0.3, -0.25) is 9.78 Å². The van der Waals surface area contributed by atoms with Crippen molar-refractivity contribution in [1.29, 1.82) is 0 Å². The number of alkyl halides is 3. The van der Waals surface area contributed by atoms with E-state index in [1.165, 1.54) is 6.07 Å². The SMILES string of the molecule is Cc1nc(-c2ncccn2)c2c(n1)[C@H]1CCC[C@@H](C2)N1C(=O)c1ccnc(C(F)(F)F)c1Cl. The number of carbonyl (C=O) groups excluding carboxylic acids is 1. The number of halogens is 4. The number of carbonyl (C=O) groups is 1. The molecule has 2 aliphatic rings. The minimum Gasteiger partial charge on any atom is -0.327 e. The first-order valence-electron chi connectivity index (χ1n) is 10.4. The third-order valence-electron chi connectivity index (χ3n) is 6.05. The van der Waals surface area contributed by atoms with E-state index >= 15 is 0 Å². The van der Waals surface area contributed by atoms with Crippen LogP contribution in [0.5, 0.6) is 0 Å². The van der Waals surface area contributed by atoms with Crippen LogP contribution in [0.3, 0.4) is 0 Å². The third-order valence-corrected chi connectivity index (χ3v) is 6.43. The summed E-state index contributed by atoms with van der Waals surface area (Å²) in [6, 6.07) is 2.32. The summed E-state index contributed by atoms with van der Waals surface area (Å²) in [5, 5.41) is -0.684. The molecular weight excluding hydrogens is 457 g/mol. The summed E-state index contributed by atoms with van der Waals surface area (Å²) in [5.74, 6) is 0.431. The molecule has 7 nitrogen and oxygen atoms in total. The maximum absolute atomic E-state index is 13.5. The number of nitrogens with zero attached hydrogens (tertiary/aromatic N) is 6. The molecule has 3 aromatic heterocycles. The molecule has 11 heteroatoms. The Hall–Kier alpha value is -3.14. The molecule has 0 N–H and O–H groups in total. The smallest absolute Gasteiger partial charge is 0.327 e. The minimum atomic E-state index is -4.76. The van der Waals surface area contributed by atoms with E-state index in [1.54, 1.807) is 30.3 Å². The van der Waals surface area contributed by atoms with Crippen LogP contribution in [0.1, 0.15) is 58.4 Å². The zero-order chi connectivity index (χ0) is 23.3. The van der Waals surface area contributed by atoms with Gasteiger partial charge in [0, 0.05) is 30.2 Å². The van der Waals surface area contributed by atoms with Crippen molar-refractivity contribution in [3.8, 4) is 11.5 Å². The van der Waals surface area contributed by atoms with Crippen LogP contribution in [0.25, 0.3) is 11.5 Å². The van der Waals surface area contributed by atoms with E-state index in [4.69, 9.17) is 11.6 Å². The fourth-order valence-corrected chi connectivity index (χ4v) is 5.04. The molecule has 1 amide bonds. The van der Waals surface area contributed by atoms with Crippen molar-refractivity contribution in [2.45, 2.75) is 50.9 Å². The number of aryl methyl sites for hydroxylation is 1. The zero-order valence-electron chi connectivity index (χ0n) is 17.5. The molecule has 0 unspecified atom stereocenters. The van der Waals surface area contributed by atoms with Crippen molar-refractivity contribution >= 4 is 17.5 Å². The van der Waals surface area contributed by atoms with Gasteiger partial charge >= 0.3 is 6.18 Å². The van der Waals surface area contributed by atoms with Gasteiger partial charge in [0.25, 0.3) is 5.91 Å². The van der Waals surface area contributed by atoms with E-state index in [-0.39, 0.29) is 11.6 Å². The average molecular weight is 475 g/mol. The lowest BCUT2D eigenvalue weighted by atomic mass is 9.81. The van der Waals surface area contributed by atoms with Gasteiger partial charge in [-0.25, -0.2) is 19.9 Å². The quantitative estimate of drug-likeness (QED) is 0.539. The lowest BCUT2D eigenvalue weighted by Gasteiger charge is -2.46. The van der Waals surface area contributed by atoms with Gasteiger partial charge in [-0.05, 0) is 44.7 Å². The highest BCUT2D eigenvalue weighted by atomic mass is 35.5. The fraction of sp³-hybridized carbons (Fsp3) is 0.364. The second kappa shape index (κ2) is 8.02. The van der Waals surface area contributed by atoms with Gasteiger partial charge in [-0.2, -0.15) is 13.2 Å². The lowest BCUT2D eigenvalue weighted by molar-refractivity contribution is -0.141. The van der Waals surface area contributed by atoms with Gasteiger partial charge < -0.3 is 4.90 Å². The first kappa shape index (κ1) is 21.7. The van der Waals surface area contributed by atoms with Gasteiger partial charge in [-0.1, -0.05) is 11.6 Å². The summed E-state index contributed by atoms with van der Waals surface area (Å²) in [6.45, 7) is 1.75. The van der Waals surface area contributed by atoms with Gasteiger partial charge in [0.2, 0.25) is 0 Å². The molecule has 1 fully saturated rings. The van der Waals surface area contributed by atoms with E-state index in [1.807, 2.05) is 0 Å². The van der Waals surface area contributed by atoms with Crippen LogP contribution in [-0.2, 0) is 12.6 Å². The molecule has 0 aromatic carbocycles. The van der Waals surface area contributed by atoms with E-state index in [0.29, 0.717) is 42.3 Å². The van der Waals surface area contributed by atoms with Crippen LogP contribution in [0, 0.1) is 6.92 Å². The molecule has 5 heterocycles. The Morgan fingerprint density at radius 1 is 1.12 bits per heavy atom. The molecule has 1 saturated heterocycles. The third kappa shape index (κ3) is 3.72. The molecule has 0 saturated carbocycles. The summed E-state index contributed by atoms with van der Waals surface area (Å²) in [7, 11) is 0.